The van der Waals surface area contributed by atoms with Gasteiger partial charge in [-0.3, -0.25) is 4.79 Å². The second kappa shape index (κ2) is 6.91. The third-order valence-electron chi connectivity index (χ3n) is 2.58. The van der Waals surface area contributed by atoms with Crippen LogP contribution in [0.1, 0.15) is 20.3 Å². The fourth-order valence-electron chi connectivity index (χ4n) is 1.31. The molecule has 4 heteroatoms. The zero-order valence-corrected chi connectivity index (χ0v) is 10.4. The van der Waals surface area contributed by atoms with E-state index in [0.717, 1.165) is 6.42 Å². The Balaban J connectivity index is 2.72. The molecule has 1 rings (SSSR count). The van der Waals surface area contributed by atoms with Gasteiger partial charge in [0.25, 0.3) is 0 Å². The lowest BCUT2D eigenvalue weighted by Crippen LogP contribution is -2.20. The highest BCUT2D eigenvalue weighted by atomic mass is 16.5. The van der Waals surface area contributed by atoms with Gasteiger partial charge >= 0.3 is 0 Å². The topological polar surface area (TPSA) is 64.3 Å². The van der Waals surface area contributed by atoms with Gasteiger partial charge in [0, 0.05) is 12.5 Å². The Labute approximate surface area is 102 Å². The molecular formula is C13H20N2O2. The van der Waals surface area contributed by atoms with Crippen LogP contribution in [0.25, 0.3) is 0 Å². The molecule has 4 nitrogen and oxygen atoms in total. The highest BCUT2D eigenvalue weighted by molar-refractivity contribution is 5.93. The van der Waals surface area contributed by atoms with E-state index in [0.29, 0.717) is 24.6 Å². The van der Waals surface area contributed by atoms with Gasteiger partial charge in [0.05, 0.1) is 5.69 Å². The second-order valence-corrected chi connectivity index (χ2v) is 3.93. The van der Waals surface area contributed by atoms with Crippen LogP contribution in [0, 0.1) is 5.92 Å². The number of para-hydroxylation sites is 2. The molecule has 1 unspecified atom stereocenters. The van der Waals surface area contributed by atoms with E-state index in [4.69, 9.17) is 10.5 Å². The second-order valence-electron chi connectivity index (χ2n) is 3.93. The number of hydrogen-bond donors (Lipinski definition) is 2. The molecule has 17 heavy (non-hydrogen) atoms. The number of nitrogens with one attached hydrogen (secondary N) is 1. The third-order valence-corrected chi connectivity index (χ3v) is 2.58. The molecule has 0 bridgehead atoms. The van der Waals surface area contributed by atoms with Crippen molar-refractivity contribution in [3.8, 4) is 5.75 Å². The molecule has 0 aliphatic rings. The first kappa shape index (κ1) is 13.5. The SMILES string of the molecule is CCC(C)C(=O)Nc1ccccc1OCCN. The highest BCUT2D eigenvalue weighted by Gasteiger charge is 2.12. The molecule has 0 saturated heterocycles. The summed E-state index contributed by atoms with van der Waals surface area (Å²) in [6, 6.07) is 7.38. The number of carbonyl (C=O) groups excluding carboxylic acids is 1. The van der Waals surface area contributed by atoms with Crippen LogP contribution < -0.4 is 15.8 Å². The number of rotatable bonds is 6. The average molecular weight is 236 g/mol. The van der Waals surface area contributed by atoms with Crippen LogP contribution in [0.15, 0.2) is 24.3 Å². The lowest BCUT2D eigenvalue weighted by Gasteiger charge is -2.14. The van der Waals surface area contributed by atoms with Gasteiger partial charge < -0.3 is 15.8 Å². The zero-order chi connectivity index (χ0) is 12.7. The van der Waals surface area contributed by atoms with Crippen LogP contribution >= 0.6 is 0 Å². The number of anilines is 1. The van der Waals surface area contributed by atoms with Crippen molar-refractivity contribution in [2.24, 2.45) is 11.7 Å². The van der Waals surface area contributed by atoms with Crippen molar-refractivity contribution in [3.05, 3.63) is 24.3 Å². The first-order valence-electron chi connectivity index (χ1n) is 5.91. The van der Waals surface area contributed by atoms with E-state index in [9.17, 15) is 4.79 Å². The summed E-state index contributed by atoms with van der Waals surface area (Å²) in [5.41, 5.74) is 6.09. The van der Waals surface area contributed by atoms with Crippen LogP contribution in [-0.2, 0) is 4.79 Å². The lowest BCUT2D eigenvalue weighted by atomic mass is 10.1. The predicted molar refractivity (Wildman–Crippen MR) is 69.1 cm³/mol. The maximum Gasteiger partial charge on any atom is 0.227 e. The summed E-state index contributed by atoms with van der Waals surface area (Å²) in [5, 5.41) is 2.87. The minimum atomic E-state index is -0.00226. The van der Waals surface area contributed by atoms with Crippen molar-refractivity contribution in [2.45, 2.75) is 20.3 Å². The van der Waals surface area contributed by atoms with Crippen LogP contribution in [0.3, 0.4) is 0 Å². The van der Waals surface area contributed by atoms with Crippen molar-refractivity contribution in [1.29, 1.82) is 0 Å². The number of carbonyl (C=O) groups is 1. The van der Waals surface area contributed by atoms with Crippen molar-refractivity contribution >= 4 is 11.6 Å². The molecule has 1 amide bonds. The fourth-order valence-corrected chi connectivity index (χ4v) is 1.31. The van der Waals surface area contributed by atoms with E-state index in [1.807, 2.05) is 38.1 Å². The van der Waals surface area contributed by atoms with Crippen LogP contribution in [0.2, 0.25) is 0 Å². The Morgan fingerprint density at radius 1 is 1.47 bits per heavy atom. The summed E-state index contributed by atoms with van der Waals surface area (Å²) < 4.78 is 5.46. The number of hydrogen-bond acceptors (Lipinski definition) is 3. The molecule has 0 heterocycles. The summed E-state index contributed by atoms with van der Waals surface area (Å²) in [7, 11) is 0. The standard InChI is InChI=1S/C13H20N2O2/c1-3-10(2)13(16)15-11-6-4-5-7-12(11)17-9-8-14/h4-7,10H,3,8-9,14H2,1-2H3,(H,15,16). The lowest BCUT2D eigenvalue weighted by molar-refractivity contribution is -0.119. The summed E-state index contributed by atoms with van der Waals surface area (Å²) in [4.78, 5) is 11.8. The Hall–Kier alpha value is -1.55. The van der Waals surface area contributed by atoms with Crippen LogP contribution in [0.5, 0.6) is 5.75 Å². The van der Waals surface area contributed by atoms with E-state index >= 15 is 0 Å². The van der Waals surface area contributed by atoms with E-state index in [-0.39, 0.29) is 11.8 Å². The van der Waals surface area contributed by atoms with Gasteiger partial charge in [0.2, 0.25) is 5.91 Å². The molecule has 0 radical (unpaired) electrons. The third kappa shape index (κ3) is 4.07. The summed E-state index contributed by atoms with van der Waals surface area (Å²) in [6.07, 6.45) is 0.817. The first-order valence-corrected chi connectivity index (χ1v) is 5.91. The number of benzene rings is 1. The van der Waals surface area contributed by atoms with Gasteiger partial charge in [-0.05, 0) is 18.6 Å². The van der Waals surface area contributed by atoms with Gasteiger partial charge in [-0.2, -0.15) is 0 Å². The minimum absolute atomic E-state index is 0.00226. The molecule has 1 aromatic rings. The Bertz CT molecular complexity index is 366. The first-order chi connectivity index (χ1) is 8.19. The fraction of sp³-hybridized carbons (Fsp3) is 0.462. The van der Waals surface area contributed by atoms with Crippen molar-refractivity contribution in [1.82, 2.24) is 0 Å². The maximum atomic E-state index is 11.8. The predicted octanol–water partition coefficient (Wildman–Crippen LogP) is 2.01. The van der Waals surface area contributed by atoms with Gasteiger partial charge in [0.1, 0.15) is 12.4 Å². The van der Waals surface area contributed by atoms with Gasteiger partial charge in [-0.1, -0.05) is 26.0 Å². The Kier molecular flexibility index (Phi) is 5.49. The number of nitrogens with two attached hydrogens (primary N) is 1. The van der Waals surface area contributed by atoms with E-state index in [1.54, 1.807) is 0 Å². The quantitative estimate of drug-likeness (QED) is 0.794. The van der Waals surface area contributed by atoms with Crippen LogP contribution in [-0.4, -0.2) is 19.1 Å². The van der Waals surface area contributed by atoms with Crippen LogP contribution in [0.4, 0.5) is 5.69 Å². The zero-order valence-electron chi connectivity index (χ0n) is 10.4. The molecule has 0 fully saturated rings. The molecule has 0 aromatic heterocycles. The molecule has 94 valence electrons. The smallest absolute Gasteiger partial charge is 0.227 e. The normalized spacial score (nSPS) is 11.9. The largest absolute Gasteiger partial charge is 0.490 e. The van der Waals surface area contributed by atoms with E-state index in [2.05, 4.69) is 5.32 Å². The average Bonchev–Trinajstić information content (AvgIpc) is 2.36. The summed E-state index contributed by atoms with van der Waals surface area (Å²) in [5.74, 6) is 0.670. The van der Waals surface area contributed by atoms with Gasteiger partial charge in [-0.25, -0.2) is 0 Å². The number of amides is 1. The molecule has 3 N–H and O–H groups in total. The number of ether oxygens (including phenoxy) is 1. The Morgan fingerprint density at radius 2 is 2.18 bits per heavy atom. The summed E-state index contributed by atoms with van der Waals surface area (Å²) >= 11 is 0. The Morgan fingerprint density at radius 3 is 2.82 bits per heavy atom. The van der Waals surface area contributed by atoms with E-state index in [1.165, 1.54) is 0 Å². The van der Waals surface area contributed by atoms with Crippen molar-refractivity contribution in [2.75, 3.05) is 18.5 Å². The summed E-state index contributed by atoms with van der Waals surface area (Å²) in [6.45, 7) is 4.78. The highest BCUT2D eigenvalue weighted by Crippen LogP contribution is 2.24. The monoisotopic (exact) mass is 236 g/mol. The molecule has 0 aliphatic heterocycles. The molecular weight excluding hydrogens is 216 g/mol. The molecule has 0 aliphatic carbocycles. The molecule has 1 aromatic carbocycles. The van der Waals surface area contributed by atoms with E-state index < -0.39 is 0 Å². The maximum absolute atomic E-state index is 11.8. The molecule has 1 atom stereocenters. The van der Waals surface area contributed by atoms with Crippen molar-refractivity contribution in [3.63, 3.8) is 0 Å². The van der Waals surface area contributed by atoms with Crippen molar-refractivity contribution < 1.29 is 9.53 Å². The minimum Gasteiger partial charge on any atom is -0.490 e. The molecule has 0 saturated carbocycles. The van der Waals surface area contributed by atoms with Gasteiger partial charge in [0.15, 0.2) is 0 Å². The van der Waals surface area contributed by atoms with Gasteiger partial charge in [-0.15, -0.1) is 0 Å². The molecule has 0 spiro atoms.